The number of carbonyl (C=O) groups is 2. The first-order valence-electron chi connectivity index (χ1n) is 13.9. The number of pyridine rings is 1. The van der Waals surface area contributed by atoms with Crippen LogP contribution in [0.25, 0.3) is 16.3 Å². The quantitative estimate of drug-likeness (QED) is 0.396. The van der Waals surface area contributed by atoms with E-state index in [9.17, 15) is 9.59 Å². The second-order valence-electron chi connectivity index (χ2n) is 10.8. The molecular weight excluding hydrogens is 508 g/mol. The summed E-state index contributed by atoms with van der Waals surface area (Å²) < 4.78 is 6.68. The Bertz CT molecular complexity index is 1350. The lowest BCUT2D eigenvalue weighted by Gasteiger charge is -2.42. The summed E-state index contributed by atoms with van der Waals surface area (Å²) in [4.78, 5) is 32.6. The van der Waals surface area contributed by atoms with Crippen LogP contribution in [0, 0.1) is 6.92 Å². The van der Waals surface area contributed by atoms with Gasteiger partial charge < -0.3 is 35.0 Å². The molecule has 0 spiro atoms. The average molecular weight is 547 g/mol. The molecule has 0 aliphatic carbocycles. The zero-order valence-corrected chi connectivity index (χ0v) is 23.3. The van der Waals surface area contributed by atoms with Crippen LogP contribution in [0.2, 0.25) is 0 Å². The molecule has 2 fully saturated rings. The highest BCUT2D eigenvalue weighted by molar-refractivity contribution is 5.96. The van der Waals surface area contributed by atoms with E-state index in [2.05, 4.69) is 46.4 Å². The Morgan fingerprint density at radius 1 is 1.15 bits per heavy atom. The number of carboxylic acids is 1. The van der Waals surface area contributed by atoms with Crippen molar-refractivity contribution < 1.29 is 19.4 Å². The molecule has 2 N–H and O–H groups in total. The summed E-state index contributed by atoms with van der Waals surface area (Å²) in [5, 5.41) is 12.2. The van der Waals surface area contributed by atoms with Crippen LogP contribution in [0.15, 0.2) is 54.7 Å². The molecule has 2 atom stereocenters. The number of ether oxygens (including phenoxy) is 1. The van der Waals surface area contributed by atoms with Crippen molar-refractivity contribution in [2.45, 2.75) is 25.8 Å². The van der Waals surface area contributed by atoms with Gasteiger partial charge in [-0.25, -0.2) is 0 Å². The van der Waals surface area contributed by atoms with Gasteiger partial charge in [0.25, 0.3) is 5.91 Å². The Morgan fingerprint density at radius 2 is 1.98 bits per heavy atom. The number of hydrogen-bond acceptors (Lipinski definition) is 6. The average Bonchev–Trinajstić information content (AvgIpc) is 3.18. The van der Waals surface area contributed by atoms with Gasteiger partial charge in [0.15, 0.2) is 6.61 Å². The summed E-state index contributed by atoms with van der Waals surface area (Å²) >= 11 is 0. The van der Waals surface area contributed by atoms with Crippen molar-refractivity contribution in [2.75, 3.05) is 64.4 Å². The molecule has 10 nitrogen and oxygen atoms in total. The molecule has 2 saturated heterocycles. The van der Waals surface area contributed by atoms with Crippen molar-refractivity contribution in [3.05, 3.63) is 65.7 Å². The molecule has 2 aromatic carbocycles. The van der Waals surface area contributed by atoms with Crippen molar-refractivity contribution in [3.63, 3.8) is 0 Å². The van der Waals surface area contributed by atoms with Crippen LogP contribution in [0.4, 0.5) is 11.4 Å². The van der Waals surface area contributed by atoms with Crippen molar-refractivity contribution >= 4 is 34.2 Å². The van der Waals surface area contributed by atoms with E-state index in [0.29, 0.717) is 16.4 Å². The molecule has 2 aliphatic rings. The second kappa shape index (κ2) is 12.2. The van der Waals surface area contributed by atoms with Crippen LogP contribution >= 0.6 is 0 Å². The molecule has 0 bridgehead atoms. The van der Waals surface area contributed by atoms with Crippen LogP contribution < -0.4 is 19.5 Å². The van der Waals surface area contributed by atoms with E-state index in [-0.39, 0.29) is 6.61 Å². The van der Waals surface area contributed by atoms with Crippen molar-refractivity contribution in [3.8, 4) is 5.75 Å². The van der Waals surface area contributed by atoms with Gasteiger partial charge in [0, 0.05) is 31.2 Å². The van der Waals surface area contributed by atoms with Gasteiger partial charge in [-0.1, -0.05) is 30.3 Å². The highest BCUT2D eigenvalue weighted by Gasteiger charge is 2.29. The van der Waals surface area contributed by atoms with Crippen LogP contribution in [0.5, 0.6) is 5.75 Å². The molecule has 40 heavy (non-hydrogen) atoms. The van der Waals surface area contributed by atoms with Crippen LogP contribution in [-0.4, -0.2) is 92.4 Å². The van der Waals surface area contributed by atoms with Crippen molar-refractivity contribution in [2.24, 2.45) is 0 Å². The van der Waals surface area contributed by atoms with Gasteiger partial charge in [-0.15, -0.1) is 0 Å². The standard InChI is InChI=1S/C30H38N6O4/c1-22-18-23-8-6-12-31-28(23)29(30(22)40-21-26(37)32-19-27(38)39)35-14-7-13-34(15-16-35)20-24-11-17-36(2,33-24)25-9-4-3-5-10-25/h3-6,8-10,12,18,24H,7,11,13-17,19-21H2,1-2H3,(H,32,37)(H,38,39). The Balaban J connectivity index is 1.29. The third kappa shape index (κ3) is 6.35. The molecule has 2 unspecified atom stereocenters. The van der Waals surface area contributed by atoms with E-state index in [4.69, 9.17) is 20.3 Å². The topological polar surface area (TPSA) is 109 Å². The van der Waals surface area contributed by atoms with Crippen LogP contribution in [-0.2, 0) is 9.59 Å². The van der Waals surface area contributed by atoms with Crippen molar-refractivity contribution in [1.29, 1.82) is 0 Å². The first kappa shape index (κ1) is 27.8. The zero-order valence-electron chi connectivity index (χ0n) is 23.3. The highest BCUT2D eigenvalue weighted by atomic mass is 16.5. The van der Waals surface area contributed by atoms with Crippen LogP contribution in [0.1, 0.15) is 18.4 Å². The molecule has 0 saturated carbocycles. The number of fused-ring (bicyclic) bond motifs is 1. The molecule has 0 radical (unpaired) electrons. The third-order valence-corrected chi connectivity index (χ3v) is 7.79. The van der Waals surface area contributed by atoms with Gasteiger partial charge in [-0.05, 0) is 62.7 Å². The largest absolute Gasteiger partial charge is 0.481 e. The molecule has 3 heterocycles. The van der Waals surface area contributed by atoms with Gasteiger partial charge in [0.2, 0.25) is 0 Å². The van der Waals surface area contributed by atoms with Gasteiger partial charge in [0.1, 0.15) is 23.7 Å². The van der Waals surface area contributed by atoms with Gasteiger partial charge >= 0.3 is 5.97 Å². The Labute approximate surface area is 235 Å². The third-order valence-electron chi connectivity index (χ3n) is 7.79. The number of amides is 1. The number of quaternary nitrogens is 1. The monoisotopic (exact) mass is 546 g/mol. The maximum absolute atomic E-state index is 12.2. The molecule has 1 aromatic heterocycles. The summed E-state index contributed by atoms with van der Waals surface area (Å²) in [6, 6.07) is 16.8. The molecule has 3 aromatic rings. The SMILES string of the molecule is Cc1cc2cccnc2c(N2CCCN(CC3CC[N+](C)(c4ccccc4)[N-]3)CC2)c1OCC(=O)NCC(=O)O. The van der Waals surface area contributed by atoms with E-state index in [0.717, 1.165) is 74.3 Å². The number of carbonyl (C=O) groups excluding carboxylic acids is 1. The fourth-order valence-corrected chi connectivity index (χ4v) is 5.79. The van der Waals surface area contributed by atoms with Crippen LogP contribution in [0.3, 0.4) is 0 Å². The summed E-state index contributed by atoms with van der Waals surface area (Å²) in [5.41, 5.74) is 9.07. The summed E-state index contributed by atoms with van der Waals surface area (Å²) in [6.45, 7) is 6.73. The predicted octanol–water partition coefficient (Wildman–Crippen LogP) is 3.33. The lowest BCUT2D eigenvalue weighted by atomic mass is 10.1. The fraction of sp³-hybridized carbons (Fsp3) is 0.433. The molecule has 212 valence electrons. The number of hydrogen-bond donors (Lipinski definition) is 2. The summed E-state index contributed by atoms with van der Waals surface area (Å²) in [7, 11) is 2.19. The lowest BCUT2D eigenvalue weighted by Crippen LogP contribution is -2.39. The maximum Gasteiger partial charge on any atom is 0.322 e. The van der Waals surface area contributed by atoms with E-state index in [1.165, 1.54) is 5.69 Å². The molecule has 5 rings (SSSR count). The number of aliphatic carboxylic acids is 1. The number of benzene rings is 2. The maximum atomic E-state index is 12.2. The minimum absolute atomic E-state index is 0.263. The fourth-order valence-electron chi connectivity index (χ4n) is 5.79. The Hall–Kier alpha value is -3.73. The number of aryl methyl sites for hydroxylation is 1. The molecule has 1 amide bonds. The predicted molar refractivity (Wildman–Crippen MR) is 157 cm³/mol. The highest BCUT2D eigenvalue weighted by Crippen LogP contribution is 2.39. The van der Waals surface area contributed by atoms with E-state index in [1.807, 2.05) is 31.2 Å². The first-order valence-corrected chi connectivity index (χ1v) is 13.9. The molecular formula is C30H38N6O4. The van der Waals surface area contributed by atoms with Gasteiger partial charge in [0.05, 0.1) is 19.1 Å². The number of carboxylic acid groups (broad SMARTS) is 1. The first-order chi connectivity index (χ1) is 19.3. The van der Waals surface area contributed by atoms with Gasteiger partial charge in [-0.2, -0.15) is 0 Å². The van der Waals surface area contributed by atoms with E-state index < -0.39 is 18.4 Å². The van der Waals surface area contributed by atoms with E-state index in [1.54, 1.807) is 6.20 Å². The number of nitrogens with zero attached hydrogens (tertiary/aromatic N) is 5. The number of aromatic nitrogens is 1. The molecule has 10 heteroatoms. The minimum atomic E-state index is -1.09. The van der Waals surface area contributed by atoms with Gasteiger partial charge in [-0.3, -0.25) is 14.6 Å². The number of para-hydroxylation sites is 1. The summed E-state index contributed by atoms with van der Waals surface area (Å²) in [5.74, 6) is -0.952. The zero-order chi connectivity index (χ0) is 28.1. The lowest BCUT2D eigenvalue weighted by molar-refractivity contribution is -0.138. The number of rotatable bonds is 9. The number of anilines is 1. The minimum Gasteiger partial charge on any atom is -0.481 e. The summed E-state index contributed by atoms with van der Waals surface area (Å²) in [6.07, 6.45) is 3.83. The smallest absolute Gasteiger partial charge is 0.322 e. The second-order valence-corrected chi connectivity index (χ2v) is 10.8. The van der Waals surface area contributed by atoms with Crippen molar-refractivity contribution in [1.82, 2.24) is 19.8 Å². The van der Waals surface area contributed by atoms with E-state index >= 15 is 0 Å². The number of nitrogens with one attached hydrogen (secondary N) is 1. The Morgan fingerprint density at radius 3 is 2.77 bits per heavy atom. The molecule has 2 aliphatic heterocycles. The normalized spacial score (nSPS) is 21.8. The Kier molecular flexibility index (Phi) is 8.49.